The van der Waals surface area contributed by atoms with Crippen LogP contribution in [0, 0.1) is 0 Å². The highest BCUT2D eigenvalue weighted by atomic mass is 32.1. The van der Waals surface area contributed by atoms with E-state index in [1.807, 2.05) is 5.38 Å². The molecular formula is C12H15N5OS. The zero-order chi connectivity index (χ0) is 13.4. The van der Waals surface area contributed by atoms with Gasteiger partial charge in [-0.25, -0.2) is 9.97 Å². The number of thiazole rings is 1. The first-order chi connectivity index (χ1) is 9.13. The van der Waals surface area contributed by atoms with Gasteiger partial charge in [-0.1, -0.05) is 13.8 Å². The van der Waals surface area contributed by atoms with Crippen molar-refractivity contribution in [3.63, 3.8) is 0 Å². The highest BCUT2D eigenvalue weighted by Gasteiger charge is 2.28. The molecule has 0 saturated heterocycles. The SMILES string of the molecule is CC(C)c1csc(NC(=O)c2n[nH]c(C3CC3)n2)n1. The van der Waals surface area contributed by atoms with Crippen LogP contribution in [0.25, 0.3) is 0 Å². The van der Waals surface area contributed by atoms with Crippen molar-refractivity contribution in [1.29, 1.82) is 0 Å². The lowest BCUT2D eigenvalue weighted by atomic mass is 10.2. The van der Waals surface area contributed by atoms with E-state index in [-0.39, 0.29) is 11.7 Å². The molecule has 0 atom stereocenters. The van der Waals surface area contributed by atoms with Crippen molar-refractivity contribution in [1.82, 2.24) is 20.2 Å². The summed E-state index contributed by atoms with van der Waals surface area (Å²) in [6.07, 6.45) is 2.25. The fourth-order valence-corrected chi connectivity index (χ4v) is 2.54. The first-order valence-electron chi connectivity index (χ1n) is 6.32. The number of amides is 1. The number of aromatic amines is 1. The molecule has 2 aromatic heterocycles. The van der Waals surface area contributed by atoms with Crippen molar-refractivity contribution < 1.29 is 4.79 Å². The van der Waals surface area contributed by atoms with Gasteiger partial charge in [-0.2, -0.15) is 0 Å². The molecule has 19 heavy (non-hydrogen) atoms. The van der Waals surface area contributed by atoms with E-state index in [9.17, 15) is 4.79 Å². The van der Waals surface area contributed by atoms with E-state index in [1.165, 1.54) is 11.3 Å². The van der Waals surface area contributed by atoms with E-state index >= 15 is 0 Å². The summed E-state index contributed by atoms with van der Waals surface area (Å²) in [5, 5.41) is 12.0. The Balaban J connectivity index is 1.68. The van der Waals surface area contributed by atoms with Crippen molar-refractivity contribution in [2.24, 2.45) is 0 Å². The van der Waals surface area contributed by atoms with Crippen LogP contribution in [0.5, 0.6) is 0 Å². The number of nitrogens with one attached hydrogen (secondary N) is 2. The van der Waals surface area contributed by atoms with E-state index in [4.69, 9.17) is 0 Å². The Bertz CT molecular complexity index is 599. The van der Waals surface area contributed by atoms with Gasteiger partial charge in [-0.3, -0.25) is 15.2 Å². The summed E-state index contributed by atoms with van der Waals surface area (Å²) in [7, 11) is 0. The fourth-order valence-electron chi connectivity index (χ4n) is 1.68. The van der Waals surface area contributed by atoms with Crippen LogP contribution < -0.4 is 5.32 Å². The standard InChI is InChI=1S/C12H15N5OS/c1-6(2)8-5-19-12(13-8)15-11(18)10-14-9(16-17-10)7-3-4-7/h5-7H,3-4H2,1-2H3,(H,13,15,18)(H,14,16,17). The quantitative estimate of drug-likeness (QED) is 0.899. The van der Waals surface area contributed by atoms with Crippen molar-refractivity contribution in [3.05, 3.63) is 22.7 Å². The maximum atomic E-state index is 12.0. The number of hydrogen-bond acceptors (Lipinski definition) is 5. The van der Waals surface area contributed by atoms with E-state index < -0.39 is 0 Å². The highest BCUT2D eigenvalue weighted by molar-refractivity contribution is 7.14. The number of anilines is 1. The number of nitrogens with zero attached hydrogens (tertiary/aromatic N) is 3. The Labute approximate surface area is 114 Å². The smallest absolute Gasteiger partial charge is 0.295 e. The summed E-state index contributed by atoms with van der Waals surface area (Å²) in [6.45, 7) is 4.13. The van der Waals surface area contributed by atoms with Crippen molar-refractivity contribution in [2.75, 3.05) is 5.32 Å². The summed E-state index contributed by atoms with van der Waals surface area (Å²) in [6, 6.07) is 0. The average Bonchev–Trinajstić information content (AvgIpc) is 2.92. The lowest BCUT2D eigenvalue weighted by Gasteiger charge is -1.98. The van der Waals surface area contributed by atoms with Crippen LogP contribution in [0.15, 0.2) is 5.38 Å². The summed E-state index contributed by atoms with van der Waals surface area (Å²) >= 11 is 1.42. The molecule has 2 heterocycles. The third kappa shape index (κ3) is 2.65. The van der Waals surface area contributed by atoms with Crippen molar-refractivity contribution >= 4 is 22.4 Å². The van der Waals surface area contributed by atoms with Gasteiger partial charge in [-0.15, -0.1) is 16.4 Å². The van der Waals surface area contributed by atoms with Crippen LogP contribution >= 0.6 is 11.3 Å². The molecule has 1 aliphatic rings. The third-order valence-corrected chi connectivity index (χ3v) is 3.78. The molecule has 0 aromatic carbocycles. The normalized spacial score (nSPS) is 14.9. The number of H-pyrrole nitrogens is 1. The third-order valence-electron chi connectivity index (χ3n) is 3.00. The molecule has 0 bridgehead atoms. The highest BCUT2D eigenvalue weighted by Crippen LogP contribution is 2.37. The zero-order valence-corrected chi connectivity index (χ0v) is 11.6. The molecule has 0 aliphatic heterocycles. The van der Waals surface area contributed by atoms with Gasteiger partial charge in [0.1, 0.15) is 5.82 Å². The predicted octanol–water partition coefficient (Wildman–Crippen LogP) is 2.51. The Morgan fingerprint density at radius 2 is 2.26 bits per heavy atom. The van der Waals surface area contributed by atoms with Gasteiger partial charge in [0.2, 0.25) is 5.82 Å². The van der Waals surface area contributed by atoms with Gasteiger partial charge in [0.05, 0.1) is 5.69 Å². The monoisotopic (exact) mass is 277 g/mol. The molecule has 1 saturated carbocycles. The van der Waals surface area contributed by atoms with Crippen LogP contribution in [0.1, 0.15) is 60.7 Å². The predicted molar refractivity (Wildman–Crippen MR) is 72.5 cm³/mol. The van der Waals surface area contributed by atoms with Gasteiger partial charge in [0, 0.05) is 11.3 Å². The van der Waals surface area contributed by atoms with Crippen molar-refractivity contribution in [2.45, 2.75) is 38.5 Å². The van der Waals surface area contributed by atoms with Crippen LogP contribution in [-0.4, -0.2) is 26.1 Å². The summed E-state index contributed by atoms with van der Waals surface area (Å²) < 4.78 is 0. The van der Waals surface area contributed by atoms with Gasteiger partial charge < -0.3 is 0 Å². The molecule has 0 radical (unpaired) electrons. The molecule has 0 spiro atoms. The molecule has 100 valence electrons. The Kier molecular flexibility index (Phi) is 3.06. The van der Waals surface area contributed by atoms with E-state index in [0.29, 0.717) is 17.0 Å². The minimum absolute atomic E-state index is 0.184. The maximum Gasteiger partial charge on any atom is 0.297 e. The average molecular weight is 277 g/mol. The molecule has 2 aromatic rings. The van der Waals surface area contributed by atoms with E-state index in [2.05, 4.69) is 39.3 Å². The van der Waals surface area contributed by atoms with Crippen molar-refractivity contribution in [3.8, 4) is 0 Å². The number of carbonyl (C=O) groups excluding carboxylic acids is 1. The fraction of sp³-hybridized carbons (Fsp3) is 0.500. The second-order valence-electron chi connectivity index (χ2n) is 5.00. The molecule has 1 amide bonds. The van der Waals surface area contributed by atoms with Gasteiger partial charge in [-0.05, 0) is 18.8 Å². The summed E-state index contributed by atoms with van der Waals surface area (Å²) in [4.78, 5) is 20.5. The number of aromatic nitrogens is 4. The Hall–Kier alpha value is -1.76. The first kappa shape index (κ1) is 12.3. The molecule has 2 N–H and O–H groups in total. The minimum atomic E-state index is -0.312. The lowest BCUT2D eigenvalue weighted by molar-refractivity contribution is 0.101. The molecular weight excluding hydrogens is 262 g/mol. The Morgan fingerprint density at radius 1 is 1.47 bits per heavy atom. The molecule has 1 aliphatic carbocycles. The van der Waals surface area contributed by atoms with E-state index in [1.54, 1.807) is 0 Å². The molecule has 3 rings (SSSR count). The lowest BCUT2D eigenvalue weighted by Crippen LogP contribution is -2.13. The molecule has 7 heteroatoms. The van der Waals surface area contributed by atoms with Crippen LogP contribution in [-0.2, 0) is 0 Å². The maximum absolute atomic E-state index is 12.0. The van der Waals surface area contributed by atoms with Gasteiger partial charge >= 0.3 is 0 Å². The minimum Gasteiger partial charge on any atom is -0.295 e. The second-order valence-corrected chi connectivity index (χ2v) is 5.86. The summed E-state index contributed by atoms with van der Waals surface area (Å²) in [5.74, 6) is 1.50. The summed E-state index contributed by atoms with van der Waals surface area (Å²) in [5.41, 5.74) is 0.981. The molecule has 1 fully saturated rings. The zero-order valence-electron chi connectivity index (χ0n) is 10.8. The van der Waals surface area contributed by atoms with E-state index in [0.717, 1.165) is 24.4 Å². The first-order valence-corrected chi connectivity index (χ1v) is 7.20. The number of rotatable bonds is 4. The molecule has 0 unspecified atom stereocenters. The second kappa shape index (κ2) is 4.73. The topological polar surface area (TPSA) is 83.6 Å². The van der Waals surface area contributed by atoms with Gasteiger partial charge in [0.25, 0.3) is 5.91 Å². The van der Waals surface area contributed by atoms with Crippen LogP contribution in [0.2, 0.25) is 0 Å². The largest absolute Gasteiger partial charge is 0.297 e. The number of hydrogen-bond donors (Lipinski definition) is 2. The van der Waals surface area contributed by atoms with Crippen LogP contribution in [0.3, 0.4) is 0 Å². The molecule has 6 nitrogen and oxygen atoms in total. The number of carbonyl (C=O) groups is 1. The van der Waals surface area contributed by atoms with Gasteiger partial charge in [0.15, 0.2) is 5.13 Å². The van der Waals surface area contributed by atoms with Crippen LogP contribution in [0.4, 0.5) is 5.13 Å². The Morgan fingerprint density at radius 3 is 2.89 bits per heavy atom.